The summed E-state index contributed by atoms with van der Waals surface area (Å²) in [6.45, 7) is 6.92. The van der Waals surface area contributed by atoms with Crippen molar-refractivity contribution in [2.75, 3.05) is 18.0 Å². The summed E-state index contributed by atoms with van der Waals surface area (Å²) in [5.41, 5.74) is 1.54. The number of carbonyl (C=O) groups is 1. The molecule has 130 valence electrons. The topological polar surface area (TPSA) is 92.5 Å². The average molecular weight is 351 g/mol. The predicted octanol–water partition coefficient (Wildman–Crippen LogP) is 1.93. The molecule has 2 aromatic rings. The van der Waals surface area contributed by atoms with Crippen molar-refractivity contribution < 1.29 is 17.7 Å². The molecule has 1 aromatic carbocycles. The molecular formula is C16H21N3O4S. The summed E-state index contributed by atoms with van der Waals surface area (Å²) < 4.78 is 32.4. The first-order valence-corrected chi connectivity index (χ1v) is 8.97. The fraction of sp³-hybridized carbons (Fsp3) is 0.375. The quantitative estimate of drug-likeness (QED) is 0.858. The Morgan fingerprint density at radius 3 is 2.54 bits per heavy atom. The first kappa shape index (κ1) is 18.2. The fourth-order valence-electron chi connectivity index (χ4n) is 2.28. The van der Waals surface area contributed by atoms with Gasteiger partial charge in [0, 0.05) is 26.1 Å². The minimum atomic E-state index is -3.64. The molecule has 0 spiro atoms. The van der Waals surface area contributed by atoms with Crippen molar-refractivity contribution in [2.24, 2.45) is 0 Å². The minimum Gasteiger partial charge on any atom is -0.360 e. The lowest BCUT2D eigenvalue weighted by atomic mass is 10.2. The molecule has 1 N–H and O–H groups in total. The zero-order valence-electron chi connectivity index (χ0n) is 14.2. The molecule has 0 unspecified atom stereocenters. The van der Waals surface area contributed by atoms with Crippen LogP contribution >= 0.6 is 0 Å². The first-order chi connectivity index (χ1) is 11.2. The fourth-order valence-corrected chi connectivity index (χ4v) is 3.63. The molecule has 0 bridgehead atoms. The van der Waals surface area contributed by atoms with Crippen molar-refractivity contribution in [3.05, 3.63) is 41.2 Å². The van der Waals surface area contributed by atoms with E-state index in [1.807, 2.05) is 13.0 Å². The van der Waals surface area contributed by atoms with Gasteiger partial charge in [0.05, 0.1) is 4.90 Å². The van der Waals surface area contributed by atoms with Gasteiger partial charge in [-0.15, -0.1) is 0 Å². The van der Waals surface area contributed by atoms with Crippen molar-refractivity contribution in [1.82, 2.24) is 9.88 Å². The summed E-state index contributed by atoms with van der Waals surface area (Å²) in [7, 11) is -3.64. The molecular weight excluding hydrogens is 330 g/mol. The number of nitrogens with zero attached hydrogens (tertiary/aromatic N) is 2. The van der Waals surface area contributed by atoms with Crippen LogP contribution in [0.4, 0.5) is 5.82 Å². The first-order valence-electron chi connectivity index (χ1n) is 7.49. The van der Waals surface area contributed by atoms with Gasteiger partial charge in [-0.3, -0.25) is 9.69 Å². The Labute approximate surface area is 141 Å². The van der Waals surface area contributed by atoms with Crippen molar-refractivity contribution in [3.8, 4) is 0 Å². The number of carbonyl (C=O) groups excluding carboxylic acids is 1. The van der Waals surface area contributed by atoms with E-state index in [1.54, 1.807) is 32.0 Å². The van der Waals surface area contributed by atoms with E-state index in [1.165, 1.54) is 11.8 Å². The number of rotatable bonds is 6. The molecule has 0 aliphatic carbocycles. The largest absolute Gasteiger partial charge is 0.360 e. The van der Waals surface area contributed by atoms with Crippen LogP contribution in [0.3, 0.4) is 0 Å². The second kappa shape index (κ2) is 7.14. The smallest absolute Gasteiger partial charge is 0.240 e. The summed E-state index contributed by atoms with van der Waals surface area (Å²) in [5, 5.41) is 3.79. The number of sulfonamides is 1. The molecule has 0 aliphatic rings. The third kappa shape index (κ3) is 4.21. The van der Waals surface area contributed by atoms with Crippen LogP contribution in [0.2, 0.25) is 0 Å². The molecule has 2 rings (SSSR count). The summed E-state index contributed by atoms with van der Waals surface area (Å²) in [6.07, 6.45) is 0. The van der Waals surface area contributed by atoms with Crippen LogP contribution in [0.15, 0.2) is 33.7 Å². The van der Waals surface area contributed by atoms with Gasteiger partial charge in [-0.05, 0) is 38.0 Å². The monoisotopic (exact) mass is 351 g/mol. The highest BCUT2D eigenvalue weighted by Gasteiger charge is 2.19. The van der Waals surface area contributed by atoms with Gasteiger partial charge in [-0.2, -0.15) is 0 Å². The van der Waals surface area contributed by atoms with Crippen LogP contribution in [-0.2, 0) is 14.8 Å². The second-order valence-electron chi connectivity index (χ2n) is 5.63. The molecule has 1 amide bonds. The van der Waals surface area contributed by atoms with E-state index >= 15 is 0 Å². The minimum absolute atomic E-state index is 0.0706. The van der Waals surface area contributed by atoms with Crippen molar-refractivity contribution in [3.63, 3.8) is 0 Å². The average Bonchev–Trinajstić information content (AvgIpc) is 2.91. The van der Waals surface area contributed by atoms with Crippen molar-refractivity contribution in [1.29, 1.82) is 0 Å². The number of aryl methyl sites for hydroxylation is 3. The Hall–Kier alpha value is -2.19. The van der Waals surface area contributed by atoms with Gasteiger partial charge >= 0.3 is 0 Å². The number of benzene rings is 1. The van der Waals surface area contributed by atoms with Crippen LogP contribution in [0.25, 0.3) is 0 Å². The Balaban J connectivity index is 2.09. The van der Waals surface area contributed by atoms with Crippen molar-refractivity contribution >= 4 is 21.7 Å². The van der Waals surface area contributed by atoms with Gasteiger partial charge in [0.1, 0.15) is 5.76 Å². The lowest BCUT2D eigenvalue weighted by Crippen LogP contribution is -2.37. The normalized spacial score (nSPS) is 11.5. The van der Waals surface area contributed by atoms with Crippen molar-refractivity contribution in [2.45, 2.75) is 32.6 Å². The van der Waals surface area contributed by atoms with Gasteiger partial charge in [-0.25, -0.2) is 13.1 Å². The number of hydrogen-bond donors (Lipinski definition) is 1. The molecule has 1 aromatic heterocycles. The molecule has 0 radical (unpaired) electrons. The third-order valence-corrected chi connectivity index (χ3v) is 5.14. The zero-order valence-corrected chi connectivity index (χ0v) is 15.0. The Kier molecular flexibility index (Phi) is 5.40. The molecule has 24 heavy (non-hydrogen) atoms. The van der Waals surface area contributed by atoms with Crippen LogP contribution in [0.1, 0.15) is 23.8 Å². The van der Waals surface area contributed by atoms with E-state index in [-0.39, 0.29) is 23.9 Å². The summed E-state index contributed by atoms with van der Waals surface area (Å²) >= 11 is 0. The van der Waals surface area contributed by atoms with Crippen LogP contribution in [0.5, 0.6) is 0 Å². The highest BCUT2D eigenvalue weighted by Crippen LogP contribution is 2.17. The zero-order chi connectivity index (χ0) is 17.9. The van der Waals surface area contributed by atoms with Gasteiger partial charge in [0.25, 0.3) is 0 Å². The van der Waals surface area contributed by atoms with E-state index in [2.05, 4.69) is 9.88 Å². The lowest BCUT2D eigenvalue weighted by Gasteiger charge is -2.18. The third-order valence-electron chi connectivity index (χ3n) is 3.53. The maximum Gasteiger partial charge on any atom is 0.240 e. The van der Waals surface area contributed by atoms with E-state index in [9.17, 15) is 13.2 Å². The number of anilines is 1. The highest BCUT2D eigenvalue weighted by molar-refractivity contribution is 7.89. The number of nitrogens with one attached hydrogen (secondary N) is 1. The molecule has 0 atom stereocenters. The van der Waals surface area contributed by atoms with Crippen LogP contribution in [-0.4, -0.2) is 32.6 Å². The molecule has 1 heterocycles. The van der Waals surface area contributed by atoms with E-state index in [4.69, 9.17) is 4.52 Å². The number of hydrogen-bond acceptors (Lipinski definition) is 5. The molecule has 0 fully saturated rings. The summed E-state index contributed by atoms with van der Waals surface area (Å²) in [6, 6.07) is 6.88. The van der Waals surface area contributed by atoms with Crippen LogP contribution in [0, 0.1) is 20.8 Å². The SMILES string of the molecule is CC(=O)N(CCNS(=O)(=O)c1cc(C)ccc1C)c1cc(C)on1. The Bertz CT molecular complexity index is 843. The maximum absolute atomic E-state index is 12.4. The van der Waals surface area contributed by atoms with Gasteiger partial charge in [0.2, 0.25) is 15.9 Å². The summed E-state index contributed by atoms with van der Waals surface area (Å²) in [5.74, 6) is 0.701. The summed E-state index contributed by atoms with van der Waals surface area (Å²) in [4.78, 5) is 13.4. The molecule has 7 nitrogen and oxygen atoms in total. The van der Waals surface area contributed by atoms with Gasteiger partial charge < -0.3 is 4.52 Å². The molecule has 0 saturated carbocycles. The Morgan fingerprint density at radius 1 is 1.25 bits per heavy atom. The van der Waals surface area contributed by atoms with E-state index in [0.29, 0.717) is 17.1 Å². The van der Waals surface area contributed by atoms with E-state index < -0.39 is 10.0 Å². The number of amides is 1. The van der Waals surface area contributed by atoms with Gasteiger partial charge in [-0.1, -0.05) is 17.3 Å². The Morgan fingerprint density at radius 2 is 1.96 bits per heavy atom. The van der Waals surface area contributed by atoms with E-state index in [0.717, 1.165) is 5.56 Å². The molecule has 0 aliphatic heterocycles. The standard InChI is InChI=1S/C16H21N3O4S/c1-11-5-6-12(2)15(9-11)24(21,22)17-7-8-19(14(4)20)16-10-13(3)23-18-16/h5-6,9-10,17H,7-8H2,1-4H3. The molecule has 0 saturated heterocycles. The number of aromatic nitrogens is 1. The van der Waals surface area contributed by atoms with Gasteiger partial charge in [0.15, 0.2) is 5.82 Å². The highest BCUT2D eigenvalue weighted by atomic mass is 32.2. The molecule has 8 heteroatoms. The lowest BCUT2D eigenvalue weighted by molar-refractivity contribution is -0.116. The second-order valence-corrected chi connectivity index (χ2v) is 7.37. The maximum atomic E-state index is 12.4. The predicted molar refractivity (Wildman–Crippen MR) is 90.4 cm³/mol. The van der Waals surface area contributed by atoms with Crippen LogP contribution < -0.4 is 9.62 Å².